The van der Waals surface area contributed by atoms with Crippen molar-refractivity contribution >= 4 is 23.1 Å². The number of aromatic nitrogens is 1. The van der Waals surface area contributed by atoms with Gasteiger partial charge < -0.3 is 20.1 Å². The number of pyridine rings is 1. The molecule has 2 heterocycles. The van der Waals surface area contributed by atoms with Gasteiger partial charge in [0.2, 0.25) is 5.91 Å². The van der Waals surface area contributed by atoms with Crippen molar-refractivity contribution in [1.29, 1.82) is 0 Å². The first-order chi connectivity index (χ1) is 10.2. The first kappa shape index (κ1) is 13.2. The predicted octanol–water partition coefficient (Wildman–Crippen LogP) is 2.55. The molecule has 1 aromatic heterocycles. The fourth-order valence-electron chi connectivity index (χ4n) is 2.01. The second kappa shape index (κ2) is 5.70. The second-order valence-electron chi connectivity index (χ2n) is 4.60. The SMILES string of the molecule is CC(=O)Nc1ccc(Nc2ccc3c(c2)OCCO3)nc1. The lowest BCUT2D eigenvalue weighted by atomic mass is 10.2. The Morgan fingerprint density at radius 2 is 1.86 bits per heavy atom. The van der Waals surface area contributed by atoms with Crippen LogP contribution in [0, 0.1) is 0 Å². The van der Waals surface area contributed by atoms with Crippen LogP contribution < -0.4 is 20.1 Å². The van der Waals surface area contributed by atoms with Crippen molar-refractivity contribution in [3.8, 4) is 11.5 Å². The van der Waals surface area contributed by atoms with Gasteiger partial charge in [0.1, 0.15) is 19.0 Å². The molecule has 0 saturated carbocycles. The molecular weight excluding hydrogens is 270 g/mol. The highest BCUT2D eigenvalue weighted by atomic mass is 16.6. The minimum absolute atomic E-state index is 0.121. The summed E-state index contributed by atoms with van der Waals surface area (Å²) in [6.45, 7) is 2.59. The third kappa shape index (κ3) is 3.22. The van der Waals surface area contributed by atoms with Crippen LogP contribution >= 0.6 is 0 Å². The molecule has 0 aliphatic carbocycles. The Kier molecular flexibility index (Phi) is 3.59. The van der Waals surface area contributed by atoms with Crippen LogP contribution in [-0.2, 0) is 4.79 Å². The number of nitrogens with one attached hydrogen (secondary N) is 2. The third-order valence-electron chi connectivity index (χ3n) is 2.90. The van der Waals surface area contributed by atoms with E-state index in [9.17, 15) is 4.79 Å². The molecule has 0 spiro atoms. The van der Waals surface area contributed by atoms with Gasteiger partial charge in [0, 0.05) is 18.7 Å². The van der Waals surface area contributed by atoms with Crippen molar-refractivity contribution < 1.29 is 14.3 Å². The Balaban J connectivity index is 1.72. The molecule has 2 N–H and O–H groups in total. The maximum absolute atomic E-state index is 10.9. The number of ether oxygens (including phenoxy) is 2. The fourth-order valence-corrected chi connectivity index (χ4v) is 2.01. The van der Waals surface area contributed by atoms with E-state index in [0.29, 0.717) is 24.7 Å². The average Bonchev–Trinajstić information content (AvgIpc) is 2.49. The van der Waals surface area contributed by atoms with Crippen LogP contribution in [0.5, 0.6) is 11.5 Å². The van der Waals surface area contributed by atoms with Gasteiger partial charge in [0.15, 0.2) is 11.5 Å². The summed E-state index contributed by atoms with van der Waals surface area (Å²) in [5.41, 5.74) is 1.52. The number of hydrogen-bond acceptors (Lipinski definition) is 5. The van der Waals surface area contributed by atoms with Gasteiger partial charge in [0.25, 0.3) is 0 Å². The Bertz CT molecular complexity index is 656. The first-order valence-electron chi connectivity index (χ1n) is 6.61. The van der Waals surface area contributed by atoms with Crippen LogP contribution in [0.4, 0.5) is 17.2 Å². The lowest BCUT2D eigenvalue weighted by Gasteiger charge is -2.19. The van der Waals surface area contributed by atoms with Gasteiger partial charge >= 0.3 is 0 Å². The van der Waals surface area contributed by atoms with Crippen molar-refractivity contribution in [2.75, 3.05) is 23.8 Å². The third-order valence-corrected chi connectivity index (χ3v) is 2.90. The molecule has 108 valence electrons. The quantitative estimate of drug-likeness (QED) is 0.906. The number of rotatable bonds is 3. The summed E-state index contributed by atoms with van der Waals surface area (Å²) in [4.78, 5) is 15.2. The average molecular weight is 285 g/mol. The number of hydrogen-bond donors (Lipinski definition) is 2. The van der Waals surface area contributed by atoms with Crippen molar-refractivity contribution in [2.45, 2.75) is 6.92 Å². The number of amides is 1. The summed E-state index contributed by atoms with van der Waals surface area (Å²) in [7, 11) is 0. The first-order valence-corrected chi connectivity index (χ1v) is 6.61. The zero-order chi connectivity index (χ0) is 14.7. The molecule has 6 heteroatoms. The number of benzene rings is 1. The summed E-state index contributed by atoms with van der Waals surface area (Å²) < 4.78 is 11.0. The molecule has 0 saturated heterocycles. The summed E-state index contributed by atoms with van der Waals surface area (Å²) in [5.74, 6) is 2.03. The Morgan fingerprint density at radius 3 is 2.57 bits per heavy atom. The summed E-state index contributed by atoms with van der Waals surface area (Å²) in [5, 5.41) is 5.85. The van der Waals surface area contributed by atoms with E-state index >= 15 is 0 Å². The molecule has 0 fully saturated rings. The van der Waals surface area contributed by atoms with E-state index in [4.69, 9.17) is 9.47 Å². The van der Waals surface area contributed by atoms with E-state index in [2.05, 4.69) is 15.6 Å². The monoisotopic (exact) mass is 285 g/mol. The molecular formula is C15H15N3O3. The number of carbonyl (C=O) groups is 1. The maximum Gasteiger partial charge on any atom is 0.221 e. The van der Waals surface area contributed by atoms with E-state index in [1.807, 2.05) is 18.2 Å². The van der Waals surface area contributed by atoms with Gasteiger partial charge in [0.05, 0.1) is 11.9 Å². The van der Waals surface area contributed by atoms with Crippen LogP contribution in [0.15, 0.2) is 36.5 Å². The van der Waals surface area contributed by atoms with Crippen molar-refractivity contribution in [1.82, 2.24) is 4.98 Å². The van der Waals surface area contributed by atoms with Crippen molar-refractivity contribution in [3.05, 3.63) is 36.5 Å². The molecule has 0 unspecified atom stereocenters. The molecule has 1 aromatic carbocycles. The highest BCUT2D eigenvalue weighted by molar-refractivity contribution is 5.88. The molecule has 0 bridgehead atoms. The smallest absolute Gasteiger partial charge is 0.221 e. The van der Waals surface area contributed by atoms with Gasteiger partial charge in [-0.3, -0.25) is 4.79 Å². The number of nitrogens with zero attached hydrogens (tertiary/aromatic N) is 1. The van der Waals surface area contributed by atoms with Gasteiger partial charge in [-0.05, 0) is 24.3 Å². The number of carbonyl (C=O) groups excluding carboxylic acids is 1. The summed E-state index contributed by atoms with van der Waals surface area (Å²) in [6.07, 6.45) is 1.60. The molecule has 3 rings (SSSR count). The van der Waals surface area contributed by atoms with Crippen molar-refractivity contribution in [2.24, 2.45) is 0 Å². The lowest BCUT2D eigenvalue weighted by molar-refractivity contribution is -0.114. The lowest BCUT2D eigenvalue weighted by Crippen LogP contribution is -2.15. The molecule has 6 nitrogen and oxygen atoms in total. The summed E-state index contributed by atoms with van der Waals surface area (Å²) >= 11 is 0. The normalized spacial score (nSPS) is 12.6. The molecule has 2 aromatic rings. The Labute approximate surface area is 122 Å². The fraction of sp³-hybridized carbons (Fsp3) is 0.200. The Hall–Kier alpha value is -2.76. The molecule has 0 radical (unpaired) electrons. The van der Waals surface area contributed by atoms with Crippen LogP contribution in [0.2, 0.25) is 0 Å². The number of fused-ring (bicyclic) bond motifs is 1. The van der Waals surface area contributed by atoms with Crippen LogP contribution in [0.3, 0.4) is 0 Å². The van der Waals surface area contributed by atoms with Gasteiger partial charge in [-0.15, -0.1) is 0 Å². The second-order valence-corrected chi connectivity index (χ2v) is 4.60. The highest BCUT2D eigenvalue weighted by Gasteiger charge is 2.11. The number of anilines is 3. The molecule has 1 aliphatic rings. The van der Waals surface area contributed by atoms with Gasteiger partial charge in [-0.2, -0.15) is 0 Å². The minimum Gasteiger partial charge on any atom is -0.486 e. The van der Waals surface area contributed by atoms with E-state index < -0.39 is 0 Å². The van der Waals surface area contributed by atoms with Gasteiger partial charge in [-0.25, -0.2) is 4.98 Å². The summed E-state index contributed by atoms with van der Waals surface area (Å²) in [6, 6.07) is 9.22. The topological polar surface area (TPSA) is 72.5 Å². The van der Waals surface area contributed by atoms with Crippen molar-refractivity contribution in [3.63, 3.8) is 0 Å². The molecule has 1 amide bonds. The maximum atomic E-state index is 10.9. The molecule has 1 aliphatic heterocycles. The van der Waals surface area contributed by atoms with Gasteiger partial charge in [-0.1, -0.05) is 0 Å². The van der Waals surface area contributed by atoms with E-state index in [-0.39, 0.29) is 5.91 Å². The predicted molar refractivity (Wildman–Crippen MR) is 79.3 cm³/mol. The van der Waals surface area contributed by atoms with Crippen LogP contribution in [-0.4, -0.2) is 24.1 Å². The van der Waals surface area contributed by atoms with Crippen LogP contribution in [0.1, 0.15) is 6.92 Å². The zero-order valence-corrected chi connectivity index (χ0v) is 11.6. The Morgan fingerprint density at radius 1 is 1.10 bits per heavy atom. The molecule has 21 heavy (non-hydrogen) atoms. The zero-order valence-electron chi connectivity index (χ0n) is 11.6. The standard InChI is InChI=1S/C15H15N3O3/c1-10(19)17-12-3-5-15(16-9-12)18-11-2-4-13-14(8-11)21-7-6-20-13/h2-5,8-9H,6-7H2,1H3,(H,16,18)(H,17,19). The minimum atomic E-state index is -0.121. The van der Waals surface area contributed by atoms with E-state index in [1.54, 1.807) is 18.3 Å². The highest BCUT2D eigenvalue weighted by Crippen LogP contribution is 2.33. The largest absolute Gasteiger partial charge is 0.486 e. The molecule has 0 atom stereocenters. The van der Waals surface area contributed by atoms with E-state index in [0.717, 1.165) is 17.2 Å². The van der Waals surface area contributed by atoms with E-state index in [1.165, 1.54) is 6.92 Å². The van der Waals surface area contributed by atoms with Crippen LogP contribution in [0.25, 0.3) is 0 Å².